The molecule has 0 bridgehead atoms. The summed E-state index contributed by atoms with van der Waals surface area (Å²) in [5.41, 5.74) is 5.42. The Bertz CT molecular complexity index is 482. The first-order chi connectivity index (χ1) is 7.22. The van der Waals surface area contributed by atoms with Gasteiger partial charge in [0, 0.05) is 6.07 Å². The highest BCUT2D eigenvalue weighted by Crippen LogP contribution is 2.14. The molecule has 78 valence electrons. The molecule has 0 saturated carbocycles. The zero-order chi connectivity index (χ0) is 10.8. The van der Waals surface area contributed by atoms with Gasteiger partial charge in [0.1, 0.15) is 11.5 Å². The van der Waals surface area contributed by atoms with Gasteiger partial charge in [-0.05, 0) is 22.6 Å². The molecule has 0 aliphatic heterocycles. The molecular formula is C8H7F2N5. The third kappa shape index (κ3) is 1.68. The van der Waals surface area contributed by atoms with Crippen LogP contribution in [0.25, 0.3) is 5.69 Å². The molecule has 2 aromatic rings. The molecule has 2 rings (SSSR count). The average molecular weight is 211 g/mol. The number of halogens is 2. The lowest BCUT2D eigenvalue weighted by Crippen LogP contribution is -2.09. The molecule has 0 fully saturated rings. The van der Waals surface area contributed by atoms with Crippen LogP contribution in [0.1, 0.15) is 5.82 Å². The van der Waals surface area contributed by atoms with E-state index >= 15 is 0 Å². The van der Waals surface area contributed by atoms with Crippen LogP contribution in [0.4, 0.5) is 8.78 Å². The van der Waals surface area contributed by atoms with E-state index in [-0.39, 0.29) is 12.2 Å². The number of aromatic nitrogens is 4. The molecule has 1 aromatic heterocycles. The van der Waals surface area contributed by atoms with Gasteiger partial charge >= 0.3 is 0 Å². The Balaban J connectivity index is 2.54. The van der Waals surface area contributed by atoms with Gasteiger partial charge in [-0.1, -0.05) is 0 Å². The van der Waals surface area contributed by atoms with Gasteiger partial charge in [-0.3, -0.25) is 0 Å². The Labute approximate surface area is 83.5 Å². The molecule has 0 saturated heterocycles. The molecular weight excluding hydrogens is 204 g/mol. The van der Waals surface area contributed by atoms with Crippen LogP contribution in [0.15, 0.2) is 18.2 Å². The summed E-state index contributed by atoms with van der Waals surface area (Å²) in [5.74, 6) is -1.09. The van der Waals surface area contributed by atoms with Gasteiger partial charge in [0.2, 0.25) is 0 Å². The summed E-state index contributed by atoms with van der Waals surface area (Å²) in [6.07, 6.45) is 0. The summed E-state index contributed by atoms with van der Waals surface area (Å²) < 4.78 is 27.1. The summed E-state index contributed by atoms with van der Waals surface area (Å²) in [5, 5.41) is 10.5. The lowest BCUT2D eigenvalue weighted by atomic mass is 10.3. The summed E-state index contributed by atoms with van der Waals surface area (Å²) in [4.78, 5) is 0. The summed E-state index contributed by atoms with van der Waals surface area (Å²) >= 11 is 0. The molecule has 0 aliphatic rings. The fourth-order valence-electron chi connectivity index (χ4n) is 1.17. The molecule has 5 nitrogen and oxygen atoms in total. The van der Waals surface area contributed by atoms with Crippen molar-refractivity contribution in [2.24, 2.45) is 5.73 Å². The van der Waals surface area contributed by atoms with Crippen LogP contribution in [0.2, 0.25) is 0 Å². The third-order valence-corrected chi connectivity index (χ3v) is 1.85. The topological polar surface area (TPSA) is 69.6 Å². The van der Waals surface area contributed by atoms with Crippen LogP contribution in [0, 0.1) is 11.6 Å². The zero-order valence-electron chi connectivity index (χ0n) is 7.56. The van der Waals surface area contributed by atoms with Gasteiger partial charge in [0.15, 0.2) is 11.6 Å². The van der Waals surface area contributed by atoms with E-state index in [2.05, 4.69) is 15.5 Å². The van der Waals surface area contributed by atoms with Crippen molar-refractivity contribution in [3.63, 3.8) is 0 Å². The lowest BCUT2D eigenvalue weighted by Gasteiger charge is -2.03. The first kappa shape index (κ1) is 9.66. The molecule has 0 unspecified atom stereocenters. The molecule has 0 radical (unpaired) electrons. The van der Waals surface area contributed by atoms with E-state index in [9.17, 15) is 8.78 Å². The normalized spacial score (nSPS) is 10.6. The van der Waals surface area contributed by atoms with E-state index in [0.29, 0.717) is 5.82 Å². The minimum atomic E-state index is -0.739. The second kappa shape index (κ2) is 3.70. The fraction of sp³-hybridized carbons (Fsp3) is 0.125. The smallest absolute Gasteiger partial charge is 0.170 e. The molecule has 0 aliphatic carbocycles. The first-order valence-corrected chi connectivity index (χ1v) is 4.15. The highest BCUT2D eigenvalue weighted by molar-refractivity contribution is 5.33. The van der Waals surface area contributed by atoms with Crippen LogP contribution in [-0.2, 0) is 6.54 Å². The highest BCUT2D eigenvalue weighted by Gasteiger charge is 2.11. The van der Waals surface area contributed by atoms with Crippen LogP contribution in [-0.4, -0.2) is 20.2 Å². The zero-order valence-corrected chi connectivity index (χ0v) is 7.56. The van der Waals surface area contributed by atoms with Gasteiger partial charge < -0.3 is 5.73 Å². The van der Waals surface area contributed by atoms with Gasteiger partial charge in [-0.15, -0.1) is 5.10 Å². The van der Waals surface area contributed by atoms with E-state index in [1.54, 1.807) is 0 Å². The fourth-order valence-corrected chi connectivity index (χ4v) is 1.17. The number of tetrazole rings is 1. The SMILES string of the molecule is NCc1nnnn1-c1ccc(F)cc1F. The molecule has 0 amide bonds. The summed E-state index contributed by atoms with van der Waals surface area (Å²) in [7, 11) is 0. The van der Waals surface area contributed by atoms with Crippen molar-refractivity contribution in [2.45, 2.75) is 6.54 Å². The minimum Gasteiger partial charge on any atom is -0.324 e. The lowest BCUT2D eigenvalue weighted by molar-refractivity contribution is 0.569. The van der Waals surface area contributed by atoms with E-state index in [0.717, 1.165) is 16.8 Å². The van der Waals surface area contributed by atoms with Crippen molar-refractivity contribution < 1.29 is 8.78 Å². The Morgan fingerprint density at radius 1 is 1.33 bits per heavy atom. The van der Waals surface area contributed by atoms with E-state index in [1.807, 2.05) is 0 Å². The second-order valence-electron chi connectivity index (χ2n) is 2.81. The highest BCUT2D eigenvalue weighted by atomic mass is 19.1. The number of hydrogen-bond donors (Lipinski definition) is 1. The quantitative estimate of drug-likeness (QED) is 0.780. The van der Waals surface area contributed by atoms with Crippen molar-refractivity contribution in [3.05, 3.63) is 35.7 Å². The predicted molar refractivity (Wildman–Crippen MR) is 47.0 cm³/mol. The number of nitrogens with two attached hydrogens (primary N) is 1. The second-order valence-corrected chi connectivity index (χ2v) is 2.81. The Kier molecular flexibility index (Phi) is 2.38. The average Bonchev–Trinajstić information content (AvgIpc) is 2.65. The van der Waals surface area contributed by atoms with Crippen LogP contribution < -0.4 is 5.73 Å². The van der Waals surface area contributed by atoms with Crippen molar-refractivity contribution in [1.29, 1.82) is 0 Å². The number of hydrogen-bond acceptors (Lipinski definition) is 4. The first-order valence-electron chi connectivity index (χ1n) is 4.15. The van der Waals surface area contributed by atoms with Crippen LogP contribution in [0.3, 0.4) is 0 Å². The number of rotatable bonds is 2. The molecule has 15 heavy (non-hydrogen) atoms. The minimum absolute atomic E-state index is 0.0712. The van der Waals surface area contributed by atoms with Crippen molar-refractivity contribution in [3.8, 4) is 5.69 Å². The maximum Gasteiger partial charge on any atom is 0.170 e. The molecule has 7 heteroatoms. The maximum atomic E-state index is 13.3. The maximum absolute atomic E-state index is 13.3. The molecule has 0 spiro atoms. The molecule has 0 atom stereocenters. The Morgan fingerprint density at radius 2 is 2.13 bits per heavy atom. The van der Waals surface area contributed by atoms with E-state index < -0.39 is 11.6 Å². The van der Waals surface area contributed by atoms with Gasteiger partial charge in [0.05, 0.1) is 6.54 Å². The van der Waals surface area contributed by atoms with Crippen LogP contribution >= 0.6 is 0 Å². The number of benzene rings is 1. The van der Waals surface area contributed by atoms with Gasteiger partial charge in [0.25, 0.3) is 0 Å². The largest absolute Gasteiger partial charge is 0.324 e. The summed E-state index contributed by atoms with van der Waals surface area (Å²) in [6, 6.07) is 3.14. The predicted octanol–water partition coefficient (Wildman–Crippen LogP) is 0.399. The van der Waals surface area contributed by atoms with Crippen molar-refractivity contribution in [2.75, 3.05) is 0 Å². The van der Waals surface area contributed by atoms with E-state index in [4.69, 9.17) is 5.73 Å². The molecule has 2 N–H and O–H groups in total. The Hall–Kier alpha value is -1.89. The summed E-state index contributed by atoms with van der Waals surface area (Å²) in [6.45, 7) is 0.0732. The third-order valence-electron chi connectivity index (χ3n) is 1.85. The van der Waals surface area contributed by atoms with Crippen LogP contribution in [0.5, 0.6) is 0 Å². The standard InChI is InChI=1S/C8H7F2N5/c9-5-1-2-7(6(10)3-5)15-8(4-11)12-13-14-15/h1-3H,4,11H2. The van der Waals surface area contributed by atoms with Crippen molar-refractivity contribution >= 4 is 0 Å². The van der Waals surface area contributed by atoms with Gasteiger partial charge in [-0.25, -0.2) is 8.78 Å². The molecule has 1 aromatic carbocycles. The monoisotopic (exact) mass is 211 g/mol. The Morgan fingerprint density at radius 3 is 2.80 bits per heavy atom. The van der Waals surface area contributed by atoms with Gasteiger partial charge in [-0.2, -0.15) is 4.68 Å². The van der Waals surface area contributed by atoms with E-state index in [1.165, 1.54) is 6.07 Å². The van der Waals surface area contributed by atoms with Crippen molar-refractivity contribution in [1.82, 2.24) is 20.2 Å². The number of nitrogens with zero attached hydrogens (tertiary/aromatic N) is 4. The molecule has 1 heterocycles.